The minimum Gasteiger partial charge on any atom is -0.306 e. The Bertz CT molecular complexity index is 386. The van der Waals surface area contributed by atoms with E-state index in [0.717, 1.165) is 0 Å². The fraction of sp³-hybridized carbons (Fsp3) is 0.125. The Kier molecular flexibility index (Phi) is 3.43. The molecule has 68 valence electrons. The van der Waals surface area contributed by atoms with E-state index in [2.05, 4.69) is 0 Å². The van der Waals surface area contributed by atoms with E-state index in [0.29, 0.717) is 16.1 Å². The lowest BCUT2D eigenvalue weighted by atomic mass is 10.1. The molecule has 13 heavy (non-hydrogen) atoms. The number of benzene rings is 1. The molecule has 0 heterocycles. The van der Waals surface area contributed by atoms with E-state index in [1.165, 1.54) is 6.07 Å². The van der Waals surface area contributed by atoms with E-state index < -0.39 is 11.1 Å². The first kappa shape index (κ1) is 10.2. The molecule has 0 amide bonds. The molecule has 1 aromatic carbocycles. The van der Waals surface area contributed by atoms with Crippen LogP contribution in [0, 0.1) is 11.3 Å². The Labute approximate surface area is 83.2 Å². The van der Waals surface area contributed by atoms with E-state index in [4.69, 9.17) is 21.4 Å². The van der Waals surface area contributed by atoms with Crippen molar-refractivity contribution < 1.29 is 8.76 Å². The van der Waals surface area contributed by atoms with E-state index in [9.17, 15) is 4.21 Å². The molecular formula is C8H6ClNO2S. The van der Waals surface area contributed by atoms with Crippen LogP contribution in [0.25, 0.3) is 0 Å². The Balaban J connectivity index is 3.03. The fourth-order valence-electron chi connectivity index (χ4n) is 0.941. The lowest BCUT2D eigenvalue weighted by Gasteiger charge is -1.98. The molecule has 1 atom stereocenters. The van der Waals surface area contributed by atoms with Crippen molar-refractivity contribution in [2.45, 2.75) is 5.75 Å². The summed E-state index contributed by atoms with van der Waals surface area (Å²) in [7, 11) is 0. The molecule has 1 rings (SSSR count). The van der Waals surface area contributed by atoms with Crippen molar-refractivity contribution in [2.75, 3.05) is 0 Å². The van der Waals surface area contributed by atoms with E-state index in [1.807, 2.05) is 6.07 Å². The first-order valence-corrected chi connectivity index (χ1v) is 5.04. The predicted octanol–water partition coefficient (Wildman–Crippen LogP) is 1.93. The molecule has 0 aliphatic rings. The van der Waals surface area contributed by atoms with Crippen LogP contribution in [0.1, 0.15) is 11.1 Å². The normalized spacial score (nSPS) is 12.1. The Hall–Kier alpha value is -0.890. The largest absolute Gasteiger partial charge is 0.306 e. The van der Waals surface area contributed by atoms with Crippen LogP contribution in [0.2, 0.25) is 5.02 Å². The molecule has 3 nitrogen and oxygen atoms in total. The van der Waals surface area contributed by atoms with Gasteiger partial charge in [-0.25, -0.2) is 4.21 Å². The summed E-state index contributed by atoms with van der Waals surface area (Å²) in [5.41, 5.74) is 0.984. The molecule has 0 fully saturated rings. The summed E-state index contributed by atoms with van der Waals surface area (Å²) in [6, 6.07) is 6.53. The summed E-state index contributed by atoms with van der Waals surface area (Å²) in [6.07, 6.45) is 0. The monoisotopic (exact) mass is 215 g/mol. The maximum Gasteiger partial charge on any atom is 0.157 e. The van der Waals surface area contributed by atoms with Crippen LogP contribution >= 0.6 is 11.6 Å². The predicted molar refractivity (Wildman–Crippen MR) is 50.6 cm³/mol. The van der Waals surface area contributed by atoms with Gasteiger partial charge in [-0.05, 0) is 23.8 Å². The minimum atomic E-state index is -1.90. The molecular weight excluding hydrogens is 210 g/mol. The molecule has 0 radical (unpaired) electrons. The third-order valence-electron chi connectivity index (χ3n) is 1.38. The van der Waals surface area contributed by atoms with Gasteiger partial charge in [0.2, 0.25) is 0 Å². The Morgan fingerprint density at radius 3 is 2.77 bits per heavy atom. The Morgan fingerprint density at radius 2 is 2.23 bits per heavy atom. The van der Waals surface area contributed by atoms with Crippen molar-refractivity contribution in [3.63, 3.8) is 0 Å². The summed E-state index contributed by atoms with van der Waals surface area (Å²) in [4.78, 5) is 0. The van der Waals surface area contributed by atoms with Crippen molar-refractivity contribution in [2.24, 2.45) is 0 Å². The fourth-order valence-corrected chi connectivity index (χ4v) is 1.65. The lowest BCUT2D eigenvalue weighted by molar-refractivity contribution is 0.563. The molecule has 0 saturated carbocycles. The maximum absolute atomic E-state index is 10.5. The van der Waals surface area contributed by atoms with Gasteiger partial charge in [0.25, 0.3) is 0 Å². The van der Waals surface area contributed by atoms with Gasteiger partial charge in [0.1, 0.15) is 0 Å². The number of nitrogens with zero attached hydrogens (tertiary/aromatic N) is 1. The van der Waals surface area contributed by atoms with Gasteiger partial charge in [-0.3, -0.25) is 0 Å². The molecule has 1 unspecified atom stereocenters. The van der Waals surface area contributed by atoms with Crippen LogP contribution in [-0.4, -0.2) is 8.76 Å². The van der Waals surface area contributed by atoms with E-state index in [1.54, 1.807) is 12.1 Å². The van der Waals surface area contributed by atoms with Crippen molar-refractivity contribution in [1.29, 1.82) is 5.26 Å². The maximum atomic E-state index is 10.5. The van der Waals surface area contributed by atoms with E-state index >= 15 is 0 Å². The topological polar surface area (TPSA) is 61.1 Å². The standard InChI is InChI=1S/C8H6ClNO2S/c9-8-2-6(4-10)1-7(3-8)5-13(11)12/h1-3H,5H2,(H,11,12). The highest BCUT2D eigenvalue weighted by Crippen LogP contribution is 2.15. The molecule has 0 aromatic heterocycles. The second kappa shape index (κ2) is 4.38. The highest BCUT2D eigenvalue weighted by molar-refractivity contribution is 7.78. The van der Waals surface area contributed by atoms with Gasteiger partial charge >= 0.3 is 0 Å². The van der Waals surface area contributed by atoms with Gasteiger partial charge in [0.15, 0.2) is 11.1 Å². The van der Waals surface area contributed by atoms with Crippen molar-refractivity contribution in [3.8, 4) is 6.07 Å². The van der Waals surface area contributed by atoms with Crippen LogP contribution in [0.15, 0.2) is 18.2 Å². The molecule has 0 spiro atoms. The molecule has 1 aromatic rings. The second-order valence-corrected chi connectivity index (χ2v) is 3.79. The summed E-state index contributed by atoms with van der Waals surface area (Å²) < 4.78 is 19.1. The number of hydrogen-bond donors (Lipinski definition) is 1. The van der Waals surface area contributed by atoms with Crippen molar-refractivity contribution >= 4 is 22.7 Å². The molecule has 5 heteroatoms. The van der Waals surface area contributed by atoms with Crippen LogP contribution in [0.4, 0.5) is 0 Å². The third-order valence-corrected chi connectivity index (χ3v) is 2.18. The summed E-state index contributed by atoms with van der Waals surface area (Å²) in [5, 5.41) is 8.98. The number of nitriles is 1. The van der Waals surface area contributed by atoms with Crippen LogP contribution in [0.5, 0.6) is 0 Å². The average molecular weight is 216 g/mol. The number of halogens is 1. The van der Waals surface area contributed by atoms with Gasteiger partial charge in [-0.1, -0.05) is 11.6 Å². The SMILES string of the molecule is N#Cc1cc(Cl)cc(CS(=O)O)c1. The van der Waals surface area contributed by atoms with Gasteiger partial charge in [-0.15, -0.1) is 0 Å². The smallest absolute Gasteiger partial charge is 0.157 e. The summed E-state index contributed by atoms with van der Waals surface area (Å²) >= 11 is 3.78. The summed E-state index contributed by atoms with van der Waals surface area (Å²) in [6.45, 7) is 0. The molecule has 0 bridgehead atoms. The zero-order chi connectivity index (χ0) is 9.84. The Morgan fingerprint density at radius 1 is 1.54 bits per heavy atom. The van der Waals surface area contributed by atoms with Crippen LogP contribution < -0.4 is 0 Å². The van der Waals surface area contributed by atoms with Crippen LogP contribution in [-0.2, 0) is 16.8 Å². The highest BCUT2D eigenvalue weighted by Gasteiger charge is 2.01. The molecule has 0 aliphatic carbocycles. The quantitative estimate of drug-likeness (QED) is 0.767. The van der Waals surface area contributed by atoms with Crippen LogP contribution in [0.3, 0.4) is 0 Å². The molecule has 1 N–H and O–H groups in total. The molecule has 0 aliphatic heterocycles. The van der Waals surface area contributed by atoms with Crippen molar-refractivity contribution in [3.05, 3.63) is 34.3 Å². The average Bonchev–Trinajstić information content (AvgIpc) is 2.01. The van der Waals surface area contributed by atoms with E-state index in [-0.39, 0.29) is 5.75 Å². The number of hydrogen-bond acceptors (Lipinski definition) is 2. The zero-order valence-electron chi connectivity index (χ0n) is 6.53. The highest BCUT2D eigenvalue weighted by atomic mass is 35.5. The zero-order valence-corrected chi connectivity index (χ0v) is 8.10. The third kappa shape index (κ3) is 3.15. The van der Waals surface area contributed by atoms with Crippen molar-refractivity contribution in [1.82, 2.24) is 0 Å². The second-order valence-electron chi connectivity index (χ2n) is 2.43. The van der Waals surface area contributed by atoms with Gasteiger partial charge in [0.05, 0.1) is 17.4 Å². The van der Waals surface area contributed by atoms with Gasteiger partial charge in [-0.2, -0.15) is 5.26 Å². The first-order valence-electron chi connectivity index (χ1n) is 3.39. The minimum absolute atomic E-state index is 0.00472. The lowest BCUT2D eigenvalue weighted by Crippen LogP contribution is -1.93. The first-order chi connectivity index (χ1) is 6.11. The van der Waals surface area contributed by atoms with Gasteiger partial charge < -0.3 is 4.55 Å². The molecule has 0 saturated heterocycles. The summed E-state index contributed by atoms with van der Waals surface area (Å²) in [5.74, 6) is -0.00472. The number of rotatable bonds is 2. The van der Waals surface area contributed by atoms with Gasteiger partial charge in [0, 0.05) is 5.02 Å².